The van der Waals surface area contributed by atoms with Gasteiger partial charge in [-0.1, -0.05) is 0 Å². The van der Waals surface area contributed by atoms with E-state index in [1.54, 1.807) is 0 Å². The van der Waals surface area contributed by atoms with Crippen LogP contribution in [-0.4, -0.2) is 59.3 Å². The molecule has 0 spiro atoms. The van der Waals surface area contributed by atoms with Gasteiger partial charge in [0.15, 0.2) is 0 Å². The SMILES string of the molecule is [Al].[Li].[Mg].[Zn]. The van der Waals surface area contributed by atoms with Gasteiger partial charge in [-0.05, 0) is 0 Å². The van der Waals surface area contributed by atoms with Gasteiger partial charge in [0.1, 0.15) is 0 Å². The predicted octanol–water partition coefficient (Wildman–Crippen LogP) is -1.14. The van der Waals surface area contributed by atoms with Gasteiger partial charge in [0.25, 0.3) is 0 Å². The molecule has 0 nitrogen and oxygen atoms in total. The van der Waals surface area contributed by atoms with E-state index in [1.165, 1.54) is 0 Å². The minimum Gasteiger partial charge on any atom is 0 e. The molecule has 0 saturated heterocycles. The smallest absolute Gasteiger partial charge is 0 e. The van der Waals surface area contributed by atoms with Crippen molar-refractivity contribution in [1.29, 1.82) is 0 Å². The van der Waals surface area contributed by atoms with Gasteiger partial charge in [-0.2, -0.15) is 0 Å². The fourth-order valence-corrected chi connectivity index (χ4v) is 0. The number of hydrogen-bond donors (Lipinski definition) is 0. The Morgan fingerprint density at radius 3 is 1.00 bits per heavy atom. The summed E-state index contributed by atoms with van der Waals surface area (Å²) in [6.07, 6.45) is 0. The molecule has 0 unspecified atom stereocenters. The van der Waals surface area contributed by atoms with Crippen molar-refractivity contribution in [3.05, 3.63) is 0 Å². The van der Waals surface area contributed by atoms with Crippen molar-refractivity contribution in [3.8, 4) is 0 Å². The average molecular weight is 124 g/mol. The Morgan fingerprint density at radius 2 is 1.00 bits per heavy atom. The molecule has 0 saturated carbocycles. The van der Waals surface area contributed by atoms with Crippen molar-refractivity contribution in [2.24, 2.45) is 0 Å². The molecule has 0 N–H and O–H groups in total. The fourth-order valence-electron chi connectivity index (χ4n) is 0. The zero-order chi connectivity index (χ0) is 0. The van der Waals surface area contributed by atoms with Crippen LogP contribution in [0.25, 0.3) is 0 Å². The van der Waals surface area contributed by atoms with E-state index in [4.69, 9.17) is 0 Å². The molecule has 4 heavy (non-hydrogen) atoms. The van der Waals surface area contributed by atoms with Gasteiger partial charge in [0, 0.05) is 78.8 Å². The third-order valence-electron chi connectivity index (χ3n) is 0. The van der Waals surface area contributed by atoms with E-state index in [2.05, 4.69) is 0 Å². The zero-order valence-electron chi connectivity index (χ0n) is 2.99. The van der Waals surface area contributed by atoms with Gasteiger partial charge < -0.3 is 0 Å². The van der Waals surface area contributed by atoms with Crippen molar-refractivity contribution in [2.75, 3.05) is 0 Å². The molecule has 8 valence electrons. The first kappa shape index (κ1) is 31.3. The van der Waals surface area contributed by atoms with Crippen LogP contribution in [0, 0.1) is 0 Å². The van der Waals surface area contributed by atoms with Crippen molar-refractivity contribution < 1.29 is 19.5 Å². The third kappa shape index (κ3) is 8.82. The predicted molar refractivity (Wildman–Crippen MR) is 17.3 cm³/mol. The summed E-state index contributed by atoms with van der Waals surface area (Å²) < 4.78 is 0. The summed E-state index contributed by atoms with van der Waals surface area (Å²) in [5.41, 5.74) is 0. The van der Waals surface area contributed by atoms with Crippen LogP contribution >= 0.6 is 0 Å². The summed E-state index contributed by atoms with van der Waals surface area (Å²) in [6.45, 7) is 0. The molecule has 0 aromatic rings. The van der Waals surface area contributed by atoms with Crippen molar-refractivity contribution in [2.45, 2.75) is 0 Å². The van der Waals surface area contributed by atoms with E-state index in [9.17, 15) is 0 Å². The Morgan fingerprint density at radius 1 is 1.00 bits per heavy atom. The normalized spacial score (nSPS) is 0. The van der Waals surface area contributed by atoms with E-state index in [0.29, 0.717) is 0 Å². The Labute approximate surface area is 77.7 Å². The first-order valence-corrected chi connectivity index (χ1v) is 0. The minimum absolute atomic E-state index is 0. The Hall–Kier alpha value is 2.52. The van der Waals surface area contributed by atoms with Crippen LogP contribution in [0.5, 0.6) is 0 Å². The second-order valence-corrected chi connectivity index (χ2v) is 0. The summed E-state index contributed by atoms with van der Waals surface area (Å²) in [6, 6.07) is 0. The van der Waals surface area contributed by atoms with Crippen LogP contribution in [-0.2, 0) is 19.5 Å². The molecule has 0 aliphatic heterocycles. The maximum atomic E-state index is 0. The largest absolute Gasteiger partial charge is 0 e. The molecule has 0 heterocycles. The molecule has 0 aliphatic rings. The number of hydrogen-bond acceptors (Lipinski definition) is 0. The van der Waals surface area contributed by atoms with E-state index >= 15 is 0 Å². The molecule has 6 radical (unpaired) electrons. The van der Waals surface area contributed by atoms with Crippen LogP contribution in [0.4, 0.5) is 0 Å². The monoisotopic (exact) mass is 122 g/mol. The first-order valence-electron chi connectivity index (χ1n) is 0. The van der Waals surface area contributed by atoms with Crippen LogP contribution in [0.3, 0.4) is 0 Å². The second-order valence-electron chi connectivity index (χ2n) is 0. The summed E-state index contributed by atoms with van der Waals surface area (Å²) in [5, 5.41) is 0. The number of rotatable bonds is 0. The summed E-state index contributed by atoms with van der Waals surface area (Å²) in [7, 11) is 0. The second kappa shape index (κ2) is 17.8. The maximum Gasteiger partial charge on any atom is 0 e. The molecule has 4 heteroatoms. The maximum absolute atomic E-state index is 0. The van der Waals surface area contributed by atoms with Crippen molar-refractivity contribution in [1.82, 2.24) is 0 Å². The van der Waals surface area contributed by atoms with Crippen LogP contribution < -0.4 is 0 Å². The Kier molecular flexibility index (Phi) is 139. The molecule has 0 amide bonds. The molecule has 0 aromatic heterocycles. The minimum atomic E-state index is 0. The third-order valence-corrected chi connectivity index (χ3v) is 0. The topological polar surface area (TPSA) is 0 Å². The molecular formula is AlLiMgZn. The molecule has 0 aromatic carbocycles. The van der Waals surface area contributed by atoms with Crippen LogP contribution in [0.15, 0.2) is 0 Å². The van der Waals surface area contributed by atoms with Gasteiger partial charge in [0.05, 0.1) is 0 Å². The summed E-state index contributed by atoms with van der Waals surface area (Å²) in [4.78, 5) is 0. The standard InChI is InChI=1S/Al.Li.Mg.Zn. The molecular weight excluding hydrogens is 124 g/mol. The molecule has 0 rings (SSSR count). The van der Waals surface area contributed by atoms with Crippen LogP contribution in [0.2, 0.25) is 0 Å². The molecule has 0 atom stereocenters. The van der Waals surface area contributed by atoms with Gasteiger partial charge in [-0.15, -0.1) is 0 Å². The van der Waals surface area contributed by atoms with E-state index in [1.807, 2.05) is 0 Å². The van der Waals surface area contributed by atoms with Gasteiger partial charge in [-0.25, -0.2) is 0 Å². The molecule has 0 bridgehead atoms. The summed E-state index contributed by atoms with van der Waals surface area (Å²) in [5.74, 6) is 0. The average Bonchev–Trinajstić information content (AvgIpc) is 0. The first-order chi connectivity index (χ1) is 0. The van der Waals surface area contributed by atoms with E-state index in [-0.39, 0.29) is 78.8 Å². The van der Waals surface area contributed by atoms with Gasteiger partial charge in [-0.3, -0.25) is 0 Å². The van der Waals surface area contributed by atoms with Crippen molar-refractivity contribution in [3.63, 3.8) is 0 Å². The quantitative estimate of drug-likeness (QED) is 0.357. The van der Waals surface area contributed by atoms with E-state index in [0.717, 1.165) is 0 Å². The molecule has 0 aliphatic carbocycles. The van der Waals surface area contributed by atoms with Crippen molar-refractivity contribution >= 4 is 59.3 Å². The zero-order valence-corrected chi connectivity index (χ0v) is 8.53. The van der Waals surface area contributed by atoms with Gasteiger partial charge >= 0.3 is 0 Å². The fraction of sp³-hybridized carbons (Fsp3) is 0. The molecule has 0 fully saturated rings. The Bertz CT molecular complexity index is 8.00. The summed E-state index contributed by atoms with van der Waals surface area (Å²) >= 11 is 0. The van der Waals surface area contributed by atoms with Gasteiger partial charge in [0.2, 0.25) is 0 Å². The Balaban J connectivity index is 0. The van der Waals surface area contributed by atoms with E-state index < -0.39 is 0 Å². The van der Waals surface area contributed by atoms with Crippen LogP contribution in [0.1, 0.15) is 0 Å².